The second kappa shape index (κ2) is 14.2. The van der Waals surface area contributed by atoms with Gasteiger partial charge < -0.3 is 10.2 Å². The molecule has 1 spiro atoms. The number of aromatic nitrogens is 4. The molecular formula is C35H45Cl2N7O2. The molecule has 2 amide bonds. The molecule has 2 aromatic carbocycles. The van der Waals surface area contributed by atoms with Gasteiger partial charge >= 0.3 is 0 Å². The molecule has 246 valence electrons. The molecule has 46 heavy (non-hydrogen) atoms. The van der Waals surface area contributed by atoms with Crippen molar-refractivity contribution in [2.75, 3.05) is 0 Å². The molecule has 2 N–H and O–H groups in total. The van der Waals surface area contributed by atoms with Crippen molar-refractivity contribution in [1.82, 2.24) is 30.8 Å². The van der Waals surface area contributed by atoms with Gasteiger partial charge in [-0.3, -0.25) is 14.6 Å². The topological polar surface area (TPSA) is 116 Å². The van der Waals surface area contributed by atoms with Gasteiger partial charge in [0.2, 0.25) is 0 Å². The smallest absolute Gasteiger partial charge is 0.275 e. The van der Waals surface area contributed by atoms with Crippen molar-refractivity contribution in [2.24, 2.45) is 22.2 Å². The van der Waals surface area contributed by atoms with Crippen LogP contribution in [0.25, 0.3) is 0 Å². The first-order valence-corrected chi connectivity index (χ1v) is 17.1. The predicted octanol–water partition coefficient (Wildman–Crippen LogP) is 7.96. The summed E-state index contributed by atoms with van der Waals surface area (Å²) in [4.78, 5) is 34.9. The molecule has 1 fully saturated rings. The van der Waals surface area contributed by atoms with Crippen LogP contribution in [-0.4, -0.2) is 48.7 Å². The maximum absolute atomic E-state index is 14.6. The summed E-state index contributed by atoms with van der Waals surface area (Å²) in [5.74, 6) is 1.23. The number of nitrogens with one attached hydrogen (secondary N) is 2. The first kappa shape index (κ1) is 34.0. The van der Waals surface area contributed by atoms with Gasteiger partial charge in [-0.25, -0.2) is 0 Å². The van der Waals surface area contributed by atoms with E-state index in [4.69, 9.17) is 28.2 Å². The minimum absolute atomic E-state index is 0.0941. The van der Waals surface area contributed by atoms with Crippen molar-refractivity contribution in [2.45, 2.75) is 104 Å². The molecule has 3 aromatic rings. The number of halogens is 2. The number of hydrogen-bond donors (Lipinski definition) is 2. The molecule has 1 aliphatic heterocycles. The van der Waals surface area contributed by atoms with Crippen molar-refractivity contribution in [3.8, 4) is 0 Å². The molecule has 0 radical (unpaired) electrons. The summed E-state index contributed by atoms with van der Waals surface area (Å²) >= 11 is 12.8. The van der Waals surface area contributed by atoms with Crippen LogP contribution in [0.4, 0.5) is 0 Å². The molecule has 2 heterocycles. The molecule has 1 saturated carbocycles. The number of H-pyrrole nitrogens is 1. The fraction of sp³-hybridized carbons (Fsp3) is 0.543. The lowest BCUT2D eigenvalue weighted by atomic mass is 9.69. The minimum atomic E-state index is -0.660. The van der Waals surface area contributed by atoms with E-state index >= 15 is 0 Å². The van der Waals surface area contributed by atoms with Crippen LogP contribution < -0.4 is 5.32 Å². The van der Waals surface area contributed by atoms with Crippen molar-refractivity contribution < 1.29 is 9.59 Å². The molecule has 11 heteroatoms. The highest BCUT2D eigenvalue weighted by Gasteiger charge is 2.52. The Balaban J connectivity index is 1.48. The van der Waals surface area contributed by atoms with Crippen LogP contribution in [0.5, 0.6) is 0 Å². The van der Waals surface area contributed by atoms with Crippen molar-refractivity contribution in [3.63, 3.8) is 0 Å². The number of tetrazole rings is 1. The van der Waals surface area contributed by atoms with Gasteiger partial charge in [-0.1, -0.05) is 94.4 Å². The second-order valence-corrected chi connectivity index (χ2v) is 15.1. The zero-order valence-corrected chi connectivity index (χ0v) is 29.0. The van der Waals surface area contributed by atoms with E-state index < -0.39 is 5.66 Å². The first-order chi connectivity index (χ1) is 21.9. The van der Waals surface area contributed by atoms with Crippen molar-refractivity contribution >= 4 is 40.7 Å². The Bertz CT molecular complexity index is 1520. The number of amides is 2. The number of aliphatic imine (C=N–C) groups is 1. The average Bonchev–Trinajstić information content (AvgIpc) is 3.62. The van der Waals surface area contributed by atoms with Gasteiger partial charge in [0, 0.05) is 21.2 Å². The summed E-state index contributed by atoms with van der Waals surface area (Å²) in [7, 11) is 0. The fourth-order valence-electron chi connectivity index (χ4n) is 6.93. The highest BCUT2D eigenvalue weighted by Crippen LogP contribution is 2.50. The van der Waals surface area contributed by atoms with Gasteiger partial charge in [0.1, 0.15) is 11.4 Å². The van der Waals surface area contributed by atoms with Crippen LogP contribution >= 0.6 is 23.2 Å². The number of rotatable bonds is 11. The standard InChI is InChI=1S/C35H45Cl2N7O2/c1-22(2)8-6-7-9-29(23-10-12-24(13-11-23)32(45)38-21-30-40-42-43-41-30)44-33(46)31(25-18-27(36)20-28(37)19-25)39-35(44)16-14-26(15-17-35)34(3,4)5/h10-13,18-20,22,26,29H,6-9,14-17,21H2,1-5H3,(H,38,45)(H,40,41,42,43)/t26?,29-,35?/m1/s1. The molecule has 0 unspecified atom stereocenters. The Morgan fingerprint density at radius 2 is 1.70 bits per heavy atom. The number of unbranched alkanes of at least 4 members (excludes halogenated alkanes) is 1. The average molecular weight is 667 g/mol. The Morgan fingerprint density at radius 1 is 1.04 bits per heavy atom. The van der Waals surface area contributed by atoms with E-state index in [9.17, 15) is 9.59 Å². The van der Waals surface area contributed by atoms with Crippen molar-refractivity contribution in [1.29, 1.82) is 0 Å². The SMILES string of the molecule is CC(C)CCCC[C@H](c1ccc(C(=O)NCc2nn[nH]n2)cc1)N1C(=O)C(c2cc(Cl)cc(Cl)c2)=NC12CCC(C(C)(C)C)CC2. The maximum atomic E-state index is 14.6. The molecule has 5 rings (SSSR count). The summed E-state index contributed by atoms with van der Waals surface area (Å²) in [5, 5.41) is 17.5. The summed E-state index contributed by atoms with van der Waals surface area (Å²) < 4.78 is 0. The molecule has 9 nitrogen and oxygen atoms in total. The highest BCUT2D eigenvalue weighted by molar-refractivity contribution is 6.47. The normalized spacial score (nSPS) is 20.8. The number of hydrogen-bond acceptors (Lipinski definition) is 6. The number of carbonyl (C=O) groups excluding carboxylic acids is 2. The summed E-state index contributed by atoms with van der Waals surface area (Å²) in [6.07, 6.45) is 7.52. The number of benzene rings is 2. The lowest BCUT2D eigenvalue weighted by molar-refractivity contribution is -0.133. The lowest BCUT2D eigenvalue weighted by Crippen LogP contribution is -2.51. The molecule has 1 atom stereocenters. The third-order valence-corrected chi connectivity index (χ3v) is 9.95. The maximum Gasteiger partial charge on any atom is 0.275 e. The highest BCUT2D eigenvalue weighted by atomic mass is 35.5. The Morgan fingerprint density at radius 3 is 2.28 bits per heavy atom. The van der Waals surface area contributed by atoms with E-state index in [1.807, 2.05) is 24.3 Å². The summed E-state index contributed by atoms with van der Waals surface area (Å²) in [6, 6.07) is 12.6. The van der Waals surface area contributed by atoms with E-state index in [2.05, 4.69) is 65.5 Å². The van der Waals surface area contributed by atoms with Gasteiger partial charge in [-0.2, -0.15) is 5.21 Å². The van der Waals surface area contributed by atoms with Crippen LogP contribution in [0.15, 0.2) is 47.5 Å². The largest absolute Gasteiger partial charge is 0.345 e. The molecule has 2 aliphatic rings. The molecule has 0 saturated heterocycles. The van der Waals surface area contributed by atoms with Crippen LogP contribution in [0.2, 0.25) is 10.0 Å². The van der Waals surface area contributed by atoms with Crippen LogP contribution in [0.3, 0.4) is 0 Å². The second-order valence-electron chi connectivity index (χ2n) is 14.2. The Kier molecular flexibility index (Phi) is 10.5. The monoisotopic (exact) mass is 665 g/mol. The molecule has 1 aromatic heterocycles. The van der Waals surface area contributed by atoms with Crippen LogP contribution in [0, 0.1) is 17.3 Å². The Labute approximate surface area is 281 Å². The fourth-order valence-corrected chi connectivity index (χ4v) is 7.46. The van der Waals surface area contributed by atoms with E-state index in [-0.39, 0.29) is 29.8 Å². The molecule has 1 aliphatic carbocycles. The van der Waals surface area contributed by atoms with Crippen LogP contribution in [0.1, 0.15) is 119 Å². The number of aromatic amines is 1. The van der Waals surface area contributed by atoms with E-state index in [1.165, 1.54) is 0 Å². The first-order valence-electron chi connectivity index (χ1n) is 16.4. The third-order valence-electron chi connectivity index (χ3n) is 9.51. The number of nitrogens with zero attached hydrogens (tertiary/aromatic N) is 5. The minimum Gasteiger partial charge on any atom is -0.345 e. The molecule has 0 bridgehead atoms. The van der Waals surface area contributed by atoms with Gasteiger partial charge in [-0.05, 0) is 85.3 Å². The van der Waals surface area contributed by atoms with Gasteiger partial charge in [0.15, 0.2) is 5.82 Å². The molecular weight excluding hydrogens is 621 g/mol. The van der Waals surface area contributed by atoms with Gasteiger partial charge in [-0.15, -0.1) is 10.2 Å². The van der Waals surface area contributed by atoms with Crippen molar-refractivity contribution in [3.05, 3.63) is 75.0 Å². The van der Waals surface area contributed by atoms with Gasteiger partial charge in [0.25, 0.3) is 11.8 Å². The quantitative estimate of drug-likeness (QED) is 0.202. The zero-order valence-electron chi connectivity index (χ0n) is 27.4. The van der Waals surface area contributed by atoms with Gasteiger partial charge in [0.05, 0.1) is 12.6 Å². The summed E-state index contributed by atoms with van der Waals surface area (Å²) in [6.45, 7) is 11.5. The zero-order chi connectivity index (χ0) is 33.1. The van der Waals surface area contributed by atoms with Crippen LogP contribution in [-0.2, 0) is 11.3 Å². The Hall–Kier alpha value is -3.30. The van der Waals surface area contributed by atoms with E-state index in [0.717, 1.165) is 56.9 Å². The van der Waals surface area contributed by atoms with E-state index in [1.54, 1.807) is 18.2 Å². The predicted molar refractivity (Wildman–Crippen MR) is 182 cm³/mol. The third kappa shape index (κ3) is 7.80. The van der Waals surface area contributed by atoms with E-state index in [0.29, 0.717) is 44.5 Å². The number of carbonyl (C=O) groups is 2. The summed E-state index contributed by atoms with van der Waals surface area (Å²) in [5.41, 5.74) is 2.10. The lowest BCUT2D eigenvalue weighted by Gasteiger charge is -2.47.